The number of hydrogen-bond donors (Lipinski definition) is 0. The molecule has 3 heterocycles. The van der Waals surface area contributed by atoms with Gasteiger partial charge in [0.1, 0.15) is 11.6 Å². The van der Waals surface area contributed by atoms with Crippen molar-refractivity contribution in [1.29, 1.82) is 0 Å². The number of hydrogen-bond acceptors (Lipinski definition) is 6. The molecule has 0 N–H and O–H groups in total. The lowest BCUT2D eigenvalue weighted by Crippen LogP contribution is -2.16. The van der Waals surface area contributed by atoms with Gasteiger partial charge in [-0.2, -0.15) is 0 Å². The van der Waals surface area contributed by atoms with E-state index in [0.29, 0.717) is 12.4 Å². The number of rotatable bonds is 3. The summed E-state index contributed by atoms with van der Waals surface area (Å²) in [6.07, 6.45) is 2.56. The number of anilines is 1. The van der Waals surface area contributed by atoms with E-state index < -0.39 is 5.97 Å². The van der Waals surface area contributed by atoms with Crippen molar-refractivity contribution in [2.75, 3.05) is 17.5 Å². The van der Waals surface area contributed by atoms with Crippen molar-refractivity contribution in [3.8, 4) is 11.3 Å². The Hall–Kier alpha value is -1.22. The Morgan fingerprint density at radius 3 is 3.24 bits per heavy atom. The molecule has 0 bridgehead atoms. The van der Waals surface area contributed by atoms with Crippen LogP contribution in [0.2, 0.25) is 0 Å². The third-order valence-electron chi connectivity index (χ3n) is 3.22. The molecule has 0 saturated heterocycles. The van der Waals surface area contributed by atoms with Gasteiger partial charge in [0.25, 0.3) is 0 Å². The summed E-state index contributed by atoms with van der Waals surface area (Å²) in [5.74, 6) is 1.41. The highest BCUT2D eigenvalue weighted by molar-refractivity contribution is 14.2. The van der Waals surface area contributed by atoms with Gasteiger partial charge in [-0.15, -0.1) is 0 Å². The second-order valence-corrected chi connectivity index (χ2v) is 6.24. The van der Waals surface area contributed by atoms with E-state index in [0.717, 1.165) is 29.9 Å². The van der Waals surface area contributed by atoms with Crippen molar-refractivity contribution in [2.45, 2.75) is 13.3 Å². The number of esters is 1. The Kier molecular flexibility index (Phi) is 4.39. The second kappa shape index (κ2) is 6.27. The fourth-order valence-electron chi connectivity index (χ4n) is 2.31. The summed E-state index contributed by atoms with van der Waals surface area (Å²) in [6.45, 7) is 2.93. The molecule has 3 rings (SSSR count). The zero-order valence-electron chi connectivity index (χ0n) is 11.3. The van der Waals surface area contributed by atoms with Crippen LogP contribution in [0.1, 0.15) is 23.0 Å². The van der Waals surface area contributed by atoms with Crippen LogP contribution < -0.4 is 4.31 Å². The first-order valence-corrected chi connectivity index (χ1v) is 9.87. The molecule has 2 aromatic heterocycles. The van der Waals surface area contributed by atoms with Crippen LogP contribution in [0.5, 0.6) is 0 Å². The Balaban J connectivity index is 2.07. The van der Waals surface area contributed by atoms with Crippen molar-refractivity contribution in [3.05, 3.63) is 35.7 Å². The van der Waals surface area contributed by atoms with Crippen molar-refractivity contribution in [3.63, 3.8) is 0 Å². The normalized spacial score (nSPS) is 13.3. The van der Waals surface area contributed by atoms with E-state index in [1.54, 1.807) is 28.3 Å². The van der Waals surface area contributed by atoms with Gasteiger partial charge in [-0.25, -0.2) is 9.78 Å². The number of fused-ring (bicyclic) bond motifs is 3. The number of halogens is 1. The predicted octanol–water partition coefficient (Wildman–Crippen LogP) is 3.88. The van der Waals surface area contributed by atoms with Gasteiger partial charge >= 0.3 is 5.97 Å². The quantitative estimate of drug-likeness (QED) is 0.430. The molecule has 0 amide bonds. The number of furan rings is 1. The monoisotopic (exact) mass is 416 g/mol. The summed E-state index contributed by atoms with van der Waals surface area (Å²) in [4.78, 5) is 16.3. The van der Waals surface area contributed by atoms with Gasteiger partial charge < -0.3 is 9.15 Å². The molecule has 110 valence electrons. The standard InChI is InChI=1S/C14H13IN2O3S/c1-2-19-14(18)11-8-9-5-7-17(21-15)13-10(12(9)20-11)4-3-6-16-13/h3-4,6,8H,2,5,7H2,1H3. The molecule has 21 heavy (non-hydrogen) atoms. The van der Waals surface area contributed by atoms with Crippen LogP contribution in [0.3, 0.4) is 0 Å². The van der Waals surface area contributed by atoms with E-state index >= 15 is 0 Å². The summed E-state index contributed by atoms with van der Waals surface area (Å²) in [6, 6.07) is 5.62. The molecule has 2 aromatic rings. The summed E-state index contributed by atoms with van der Waals surface area (Å²) in [7, 11) is 1.60. The van der Waals surface area contributed by atoms with Gasteiger partial charge in [0.05, 0.1) is 12.2 Å². The molecule has 1 aliphatic heterocycles. The maximum atomic E-state index is 11.8. The lowest BCUT2D eigenvalue weighted by atomic mass is 10.1. The molecule has 0 saturated carbocycles. The van der Waals surface area contributed by atoms with Gasteiger partial charge in [-0.1, -0.05) is 0 Å². The van der Waals surface area contributed by atoms with Crippen LogP contribution in [-0.4, -0.2) is 24.1 Å². The average molecular weight is 416 g/mol. The van der Waals surface area contributed by atoms with E-state index in [1.165, 1.54) is 0 Å². The zero-order chi connectivity index (χ0) is 14.8. The number of aromatic nitrogens is 1. The summed E-state index contributed by atoms with van der Waals surface area (Å²) in [5, 5.41) is 0. The van der Waals surface area contributed by atoms with E-state index in [-0.39, 0.29) is 5.76 Å². The lowest BCUT2D eigenvalue weighted by Gasteiger charge is -2.18. The van der Waals surface area contributed by atoms with E-state index in [1.807, 2.05) is 12.1 Å². The lowest BCUT2D eigenvalue weighted by molar-refractivity contribution is 0.0491. The Morgan fingerprint density at radius 2 is 2.48 bits per heavy atom. The fraction of sp³-hybridized carbons (Fsp3) is 0.286. The number of nitrogens with zero attached hydrogens (tertiary/aromatic N) is 2. The van der Waals surface area contributed by atoms with Crippen LogP contribution in [0.4, 0.5) is 5.82 Å². The third-order valence-corrected chi connectivity index (χ3v) is 5.17. The maximum absolute atomic E-state index is 11.8. The highest BCUT2D eigenvalue weighted by Gasteiger charge is 2.26. The third kappa shape index (κ3) is 2.76. The first-order chi connectivity index (χ1) is 10.2. The summed E-state index contributed by atoms with van der Waals surface area (Å²) < 4.78 is 12.9. The number of ether oxygens (including phenoxy) is 1. The van der Waals surface area contributed by atoms with E-state index in [4.69, 9.17) is 9.15 Å². The van der Waals surface area contributed by atoms with Gasteiger partial charge in [0.15, 0.2) is 0 Å². The Bertz CT molecular complexity index is 674. The minimum atomic E-state index is -0.420. The molecule has 0 atom stereocenters. The van der Waals surface area contributed by atoms with Gasteiger partial charge in [0, 0.05) is 48.6 Å². The van der Waals surface area contributed by atoms with Gasteiger partial charge in [-0.3, -0.25) is 4.31 Å². The highest BCUT2D eigenvalue weighted by Crippen LogP contribution is 2.40. The van der Waals surface area contributed by atoms with Crippen LogP contribution in [-0.2, 0) is 11.2 Å². The Morgan fingerprint density at radius 1 is 1.62 bits per heavy atom. The van der Waals surface area contributed by atoms with Crippen molar-refractivity contribution in [2.24, 2.45) is 0 Å². The number of pyridine rings is 1. The van der Waals surface area contributed by atoms with Crippen molar-refractivity contribution >= 4 is 42.1 Å². The van der Waals surface area contributed by atoms with Gasteiger partial charge in [-0.05, 0) is 31.5 Å². The maximum Gasteiger partial charge on any atom is 0.374 e. The SMILES string of the molecule is CCOC(=O)c1cc2c(o1)-c1cccnc1N(SI)CC2. The summed E-state index contributed by atoms with van der Waals surface area (Å²) >= 11 is 2.24. The van der Waals surface area contributed by atoms with E-state index in [2.05, 4.69) is 30.5 Å². The molecule has 0 radical (unpaired) electrons. The van der Waals surface area contributed by atoms with Crippen LogP contribution in [0.25, 0.3) is 11.3 Å². The van der Waals surface area contributed by atoms with Crippen molar-refractivity contribution < 1.29 is 13.9 Å². The minimum Gasteiger partial charge on any atom is -0.460 e. The minimum absolute atomic E-state index is 0.257. The molecule has 7 heteroatoms. The average Bonchev–Trinajstić information content (AvgIpc) is 2.87. The first-order valence-electron chi connectivity index (χ1n) is 6.56. The van der Waals surface area contributed by atoms with Crippen LogP contribution in [0, 0.1) is 0 Å². The molecule has 1 aliphatic rings. The van der Waals surface area contributed by atoms with Crippen LogP contribution in [0.15, 0.2) is 28.8 Å². The fourth-order valence-corrected chi connectivity index (χ4v) is 3.83. The number of carbonyl (C=O) groups is 1. The second-order valence-electron chi connectivity index (χ2n) is 4.48. The molecule has 0 fully saturated rings. The molecule has 0 aliphatic carbocycles. The van der Waals surface area contributed by atoms with E-state index in [9.17, 15) is 4.79 Å². The molecular formula is C14H13IN2O3S. The smallest absolute Gasteiger partial charge is 0.374 e. The number of carbonyl (C=O) groups excluding carboxylic acids is 1. The topological polar surface area (TPSA) is 55.6 Å². The predicted molar refractivity (Wildman–Crippen MR) is 90.6 cm³/mol. The highest BCUT2D eigenvalue weighted by atomic mass is 127. The largest absolute Gasteiger partial charge is 0.460 e. The molecular weight excluding hydrogens is 403 g/mol. The van der Waals surface area contributed by atoms with Gasteiger partial charge in [0.2, 0.25) is 5.76 Å². The van der Waals surface area contributed by atoms with Crippen molar-refractivity contribution in [1.82, 2.24) is 4.98 Å². The molecule has 0 aromatic carbocycles. The summed E-state index contributed by atoms with van der Waals surface area (Å²) in [5.41, 5.74) is 1.92. The zero-order valence-corrected chi connectivity index (χ0v) is 14.3. The Labute approximate surface area is 138 Å². The molecule has 5 nitrogen and oxygen atoms in total. The molecule has 0 unspecified atom stereocenters. The first kappa shape index (κ1) is 14.7. The van der Waals surface area contributed by atoms with Crippen LogP contribution >= 0.6 is 30.3 Å². The molecule has 0 spiro atoms.